The molecular weight excluding hydrogens is 356 g/mol. The van der Waals surface area contributed by atoms with Crippen molar-refractivity contribution in [2.45, 2.75) is 0 Å². The van der Waals surface area contributed by atoms with Gasteiger partial charge in [0.05, 0.1) is 0 Å². The standard InChI is InChI=1S/C23H16O5/c24-19(8-1-15-2-9-20-22(11-15)27-13-25-20)17-5-3-16(4-6-17)18-7-10-21-23(12-18)28-14-26-21/h1-12H,13-14H2/b8-1+. The van der Waals surface area contributed by atoms with E-state index in [1.807, 2.05) is 60.7 Å². The number of ketones is 1. The summed E-state index contributed by atoms with van der Waals surface area (Å²) in [7, 11) is 0. The van der Waals surface area contributed by atoms with Crippen molar-refractivity contribution in [3.63, 3.8) is 0 Å². The van der Waals surface area contributed by atoms with E-state index in [4.69, 9.17) is 18.9 Å². The van der Waals surface area contributed by atoms with E-state index in [9.17, 15) is 4.79 Å². The maximum atomic E-state index is 12.5. The maximum Gasteiger partial charge on any atom is 0.231 e. The van der Waals surface area contributed by atoms with E-state index in [0.717, 1.165) is 33.9 Å². The largest absolute Gasteiger partial charge is 0.454 e. The fraction of sp³-hybridized carbons (Fsp3) is 0.0870. The lowest BCUT2D eigenvalue weighted by atomic mass is 10.0. The summed E-state index contributed by atoms with van der Waals surface area (Å²) in [6.45, 7) is 0.485. The van der Waals surface area contributed by atoms with E-state index in [2.05, 4.69) is 0 Å². The zero-order valence-corrected chi connectivity index (χ0v) is 14.9. The summed E-state index contributed by atoms with van der Waals surface area (Å²) in [6.07, 6.45) is 3.34. The molecule has 0 spiro atoms. The highest BCUT2D eigenvalue weighted by molar-refractivity contribution is 6.07. The van der Waals surface area contributed by atoms with Gasteiger partial charge >= 0.3 is 0 Å². The Bertz CT molecular complexity index is 1080. The number of rotatable bonds is 4. The van der Waals surface area contributed by atoms with Gasteiger partial charge in [0.2, 0.25) is 13.6 Å². The Kier molecular flexibility index (Phi) is 3.98. The van der Waals surface area contributed by atoms with Gasteiger partial charge in [-0.2, -0.15) is 0 Å². The third-order valence-electron chi connectivity index (χ3n) is 4.70. The lowest BCUT2D eigenvalue weighted by molar-refractivity contribution is 0.104. The van der Waals surface area contributed by atoms with Crippen LogP contribution in [-0.4, -0.2) is 19.4 Å². The van der Waals surface area contributed by atoms with Gasteiger partial charge in [-0.3, -0.25) is 4.79 Å². The van der Waals surface area contributed by atoms with Crippen LogP contribution >= 0.6 is 0 Å². The van der Waals surface area contributed by atoms with Crippen molar-refractivity contribution < 1.29 is 23.7 Å². The van der Waals surface area contributed by atoms with Crippen molar-refractivity contribution >= 4 is 11.9 Å². The van der Waals surface area contributed by atoms with Crippen molar-refractivity contribution in [2.24, 2.45) is 0 Å². The topological polar surface area (TPSA) is 54.0 Å². The third-order valence-corrected chi connectivity index (χ3v) is 4.70. The van der Waals surface area contributed by atoms with E-state index in [-0.39, 0.29) is 19.4 Å². The second-order valence-corrected chi connectivity index (χ2v) is 6.46. The lowest BCUT2D eigenvalue weighted by Crippen LogP contribution is -1.94. The quantitative estimate of drug-likeness (QED) is 0.490. The second-order valence-electron chi connectivity index (χ2n) is 6.46. The minimum absolute atomic E-state index is 0.0603. The molecule has 2 aliphatic heterocycles. The van der Waals surface area contributed by atoms with Crippen LogP contribution in [0.1, 0.15) is 15.9 Å². The monoisotopic (exact) mass is 372 g/mol. The summed E-state index contributed by atoms with van der Waals surface area (Å²) < 4.78 is 21.4. The van der Waals surface area contributed by atoms with Gasteiger partial charge in [-0.05, 0) is 47.0 Å². The second kappa shape index (κ2) is 6.78. The van der Waals surface area contributed by atoms with Gasteiger partial charge < -0.3 is 18.9 Å². The van der Waals surface area contributed by atoms with Crippen molar-refractivity contribution in [3.8, 4) is 34.1 Å². The van der Waals surface area contributed by atoms with Crippen LogP contribution in [0.4, 0.5) is 0 Å². The SMILES string of the molecule is O=C(/C=C/c1ccc2c(c1)OCO2)c1ccc(-c2ccc3c(c2)OCO3)cc1. The summed E-state index contributed by atoms with van der Waals surface area (Å²) in [4.78, 5) is 12.5. The zero-order valence-electron chi connectivity index (χ0n) is 14.9. The van der Waals surface area contributed by atoms with Crippen LogP contribution < -0.4 is 18.9 Å². The normalized spacial score (nSPS) is 13.9. The highest BCUT2D eigenvalue weighted by Crippen LogP contribution is 2.36. The van der Waals surface area contributed by atoms with Crippen LogP contribution in [0, 0.1) is 0 Å². The summed E-state index contributed by atoms with van der Waals surface area (Å²) in [5.74, 6) is 2.86. The molecule has 5 rings (SSSR count). The number of carbonyl (C=O) groups is 1. The van der Waals surface area contributed by atoms with Gasteiger partial charge in [-0.25, -0.2) is 0 Å². The first-order chi connectivity index (χ1) is 13.8. The Hall–Kier alpha value is -3.73. The molecule has 0 unspecified atom stereocenters. The Morgan fingerprint density at radius 3 is 2.04 bits per heavy atom. The van der Waals surface area contributed by atoms with Crippen LogP contribution in [0.3, 0.4) is 0 Å². The van der Waals surface area contributed by atoms with E-state index >= 15 is 0 Å². The van der Waals surface area contributed by atoms with E-state index in [1.54, 1.807) is 12.2 Å². The van der Waals surface area contributed by atoms with Gasteiger partial charge in [-0.1, -0.05) is 42.5 Å². The van der Waals surface area contributed by atoms with E-state index in [0.29, 0.717) is 11.3 Å². The van der Waals surface area contributed by atoms with Crippen molar-refractivity contribution in [3.05, 3.63) is 77.9 Å². The number of fused-ring (bicyclic) bond motifs is 2. The molecule has 3 aromatic rings. The Balaban J connectivity index is 1.32. The first-order valence-electron chi connectivity index (χ1n) is 8.88. The molecule has 0 atom stereocenters. The average Bonchev–Trinajstić information content (AvgIpc) is 3.40. The molecule has 0 fully saturated rings. The molecule has 0 aromatic heterocycles. The van der Waals surface area contributed by atoms with Gasteiger partial charge in [0.1, 0.15) is 0 Å². The summed E-state index contributed by atoms with van der Waals surface area (Å²) in [6, 6.07) is 18.9. The van der Waals surface area contributed by atoms with Crippen LogP contribution in [0.2, 0.25) is 0 Å². The molecule has 0 N–H and O–H groups in total. The molecule has 2 heterocycles. The number of hydrogen-bond acceptors (Lipinski definition) is 5. The highest BCUT2D eigenvalue weighted by atomic mass is 16.7. The van der Waals surface area contributed by atoms with E-state index < -0.39 is 0 Å². The molecular formula is C23H16O5. The first kappa shape index (κ1) is 16.4. The molecule has 0 amide bonds. The number of carbonyl (C=O) groups excluding carboxylic acids is 1. The smallest absolute Gasteiger partial charge is 0.231 e. The molecule has 5 heteroatoms. The van der Waals surface area contributed by atoms with Gasteiger partial charge in [-0.15, -0.1) is 0 Å². The minimum atomic E-state index is -0.0603. The van der Waals surface area contributed by atoms with Crippen LogP contribution in [-0.2, 0) is 0 Å². The molecule has 0 radical (unpaired) electrons. The molecule has 28 heavy (non-hydrogen) atoms. The molecule has 5 nitrogen and oxygen atoms in total. The summed E-state index contributed by atoms with van der Waals surface area (Å²) in [5, 5.41) is 0. The van der Waals surface area contributed by atoms with Gasteiger partial charge in [0.25, 0.3) is 0 Å². The van der Waals surface area contributed by atoms with Crippen molar-refractivity contribution in [1.82, 2.24) is 0 Å². The summed E-state index contributed by atoms with van der Waals surface area (Å²) >= 11 is 0. The van der Waals surface area contributed by atoms with Crippen molar-refractivity contribution in [1.29, 1.82) is 0 Å². The molecule has 0 aliphatic carbocycles. The predicted molar refractivity (Wildman–Crippen MR) is 104 cm³/mol. The molecule has 0 saturated heterocycles. The fourth-order valence-electron chi connectivity index (χ4n) is 3.19. The minimum Gasteiger partial charge on any atom is -0.454 e. The number of benzene rings is 3. The molecule has 0 saturated carbocycles. The molecule has 0 bridgehead atoms. The average molecular weight is 372 g/mol. The van der Waals surface area contributed by atoms with Crippen LogP contribution in [0.25, 0.3) is 17.2 Å². The number of ether oxygens (including phenoxy) is 4. The van der Waals surface area contributed by atoms with Gasteiger partial charge in [0, 0.05) is 5.56 Å². The third kappa shape index (κ3) is 3.07. The predicted octanol–water partition coefficient (Wildman–Crippen LogP) is 4.71. The first-order valence-corrected chi connectivity index (χ1v) is 8.88. The zero-order chi connectivity index (χ0) is 18.9. The Morgan fingerprint density at radius 2 is 1.29 bits per heavy atom. The number of hydrogen-bond donors (Lipinski definition) is 0. The van der Waals surface area contributed by atoms with Crippen molar-refractivity contribution in [2.75, 3.05) is 13.6 Å². The van der Waals surface area contributed by atoms with Crippen LogP contribution in [0.5, 0.6) is 23.0 Å². The number of allylic oxidation sites excluding steroid dienone is 1. The van der Waals surface area contributed by atoms with Gasteiger partial charge in [0.15, 0.2) is 28.8 Å². The Labute approximate surface area is 161 Å². The summed E-state index contributed by atoms with van der Waals surface area (Å²) in [5.41, 5.74) is 3.53. The molecule has 138 valence electrons. The lowest BCUT2D eigenvalue weighted by Gasteiger charge is -2.04. The fourth-order valence-corrected chi connectivity index (χ4v) is 3.19. The molecule has 3 aromatic carbocycles. The van der Waals surface area contributed by atoms with E-state index in [1.165, 1.54) is 0 Å². The van der Waals surface area contributed by atoms with Crippen LogP contribution in [0.15, 0.2) is 66.7 Å². The highest BCUT2D eigenvalue weighted by Gasteiger charge is 2.14. The Morgan fingerprint density at radius 1 is 0.679 bits per heavy atom. The maximum absolute atomic E-state index is 12.5. The molecule has 2 aliphatic rings.